The fraction of sp³-hybridized carbons (Fsp3) is 1.00. The smallest absolute Gasteiger partial charge is 0.125 e. The highest BCUT2D eigenvalue weighted by molar-refractivity contribution is 5.85. The van der Waals surface area contributed by atoms with E-state index in [1.54, 1.807) is 0 Å². The van der Waals surface area contributed by atoms with Crippen molar-refractivity contribution in [1.82, 2.24) is 10.2 Å². The summed E-state index contributed by atoms with van der Waals surface area (Å²) < 4.78 is 12.4. The lowest BCUT2D eigenvalue weighted by Gasteiger charge is -2.38. The van der Waals surface area contributed by atoms with E-state index < -0.39 is 6.17 Å². The third-order valence-corrected chi connectivity index (χ3v) is 2.42. The molecule has 2 nitrogen and oxygen atoms in total. The number of nitrogens with one attached hydrogen (secondary N) is 1. The standard InChI is InChI=1S/C7H13FN2.ClH/c8-6-4-10(5-6)7-1-2-9-3-7;/h6-7,9H,1-5H2;1H. The van der Waals surface area contributed by atoms with Crippen LogP contribution in [0.25, 0.3) is 0 Å². The highest BCUT2D eigenvalue weighted by atomic mass is 35.5. The first-order chi connectivity index (χ1) is 4.86. The van der Waals surface area contributed by atoms with Crippen molar-refractivity contribution in [1.29, 1.82) is 0 Å². The molecule has 2 fully saturated rings. The molecule has 2 saturated heterocycles. The molecule has 1 atom stereocenters. The quantitative estimate of drug-likeness (QED) is 0.630. The molecular formula is C7H14ClFN2. The van der Waals surface area contributed by atoms with Crippen LogP contribution < -0.4 is 5.32 Å². The van der Waals surface area contributed by atoms with Gasteiger partial charge in [0.2, 0.25) is 0 Å². The minimum absolute atomic E-state index is 0. The zero-order valence-corrected chi connectivity index (χ0v) is 7.24. The molecule has 66 valence electrons. The van der Waals surface area contributed by atoms with Gasteiger partial charge in [0, 0.05) is 25.7 Å². The van der Waals surface area contributed by atoms with Crippen LogP contribution in [0.1, 0.15) is 6.42 Å². The Morgan fingerprint density at radius 3 is 2.55 bits per heavy atom. The second-order valence-corrected chi connectivity index (χ2v) is 3.20. The van der Waals surface area contributed by atoms with E-state index in [1.165, 1.54) is 6.42 Å². The largest absolute Gasteiger partial charge is 0.315 e. The van der Waals surface area contributed by atoms with Crippen molar-refractivity contribution >= 4 is 12.4 Å². The molecule has 2 aliphatic heterocycles. The zero-order valence-electron chi connectivity index (χ0n) is 6.42. The third-order valence-electron chi connectivity index (χ3n) is 2.42. The van der Waals surface area contributed by atoms with Crippen molar-refractivity contribution in [2.24, 2.45) is 0 Å². The van der Waals surface area contributed by atoms with Gasteiger partial charge in [0.25, 0.3) is 0 Å². The minimum atomic E-state index is -0.541. The lowest BCUT2D eigenvalue weighted by atomic mass is 10.1. The molecule has 4 heteroatoms. The Bertz CT molecular complexity index is 122. The highest BCUT2D eigenvalue weighted by Gasteiger charge is 2.33. The summed E-state index contributed by atoms with van der Waals surface area (Å²) in [5.74, 6) is 0. The lowest BCUT2D eigenvalue weighted by molar-refractivity contribution is 0.0342. The number of alkyl halides is 1. The van der Waals surface area contributed by atoms with E-state index in [0.717, 1.165) is 13.1 Å². The third kappa shape index (κ3) is 1.83. The minimum Gasteiger partial charge on any atom is -0.315 e. The normalized spacial score (nSPS) is 33.0. The Morgan fingerprint density at radius 2 is 2.09 bits per heavy atom. The summed E-state index contributed by atoms with van der Waals surface area (Å²) in [6.45, 7) is 3.52. The Balaban J connectivity index is 0.000000605. The number of rotatable bonds is 1. The van der Waals surface area contributed by atoms with Crippen molar-refractivity contribution in [2.75, 3.05) is 26.2 Å². The van der Waals surface area contributed by atoms with Crippen molar-refractivity contribution < 1.29 is 4.39 Å². The molecule has 0 saturated carbocycles. The van der Waals surface area contributed by atoms with Crippen LogP contribution in [0.3, 0.4) is 0 Å². The van der Waals surface area contributed by atoms with Gasteiger partial charge in [-0.3, -0.25) is 4.90 Å². The molecule has 0 spiro atoms. The molecule has 0 aliphatic carbocycles. The van der Waals surface area contributed by atoms with Crippen LogP contribution in [-0.4, -0.2) is 43.3 Å². The van der Waals surface area contributed by atoms with Crippen molar-refractivity contribution in [3.8, 4) is 0 Å². The molecule has 1 N–H and O–H groups in total. The predicted octanol–water partition coefficient (Wildman–Crippen LogP) is 0.424. The summed E-state index contributed by atoms with van der Waals surface area (Å²) in [6.07, 6.45) is 0.660. The number of hydrogen-bond donors (Lipinski definition) is 1. The molecule has 0 aromatic rings. The summed E-state index contributed by atoms with van der Waals surface area (Å²) in [6, 6.07) is 0.631. The topological polar surface area (TPSA) is 15.3 Å². The average Bonchev–Trinajstić information content (AvgIpc) is 2.31. The SMILES string of the molecule is Cl.FC1CN(C2CCNC2)C1. The number of hydrogen-bond acceptors (Lipinski definition) is 2. The summed E-state index contributed by atoms with van der Waals surface area (Å²) in [4.78, 5) is 2.23. The van der Waals surface area contributed by atoms with Crippen molar-refractivity contribution in [3.63, 3.8) is 0 Å². The molecule has 11 heavy (non-hydrogen) atoms. The summed E-state index contributed by atoms with van der Waals surface area (Å²) >= 11 is 0. The maximum Gasteiger partial charge on any atom is 0.125 e. The summed E-state index contributed by atoms with van der Waals surface area (Å²) in [5.41, 5.74) is 0. The molecule has 0 aromatic carbocycles. The van der Waals surface area contributed by atoms with E-state index in [1.807, 2.05) is 0 Å². The van der Waals surface area contributed by atoms with Gasteiger partial charge in [0.15, 0.2) is 0 Å². The molecule has 2 heterocycles. The average molecular weight is 181 g/mol. The molecule has 0 amide bonds. The van der Waals surface area contributed by atoms with E-state index in [9.17, 15) is 4.39 Å². The molecule has 0 bridgehead atoms. The maximum atomic E-state index is 12.4. The summed E-state index contributed by atoms with van der Waals surface area (Å²) in [7, 11) is 0. The van der Waals surface area contributed by atoms with Crippen LogP contribution in [0.2, 0.25) is 0 Å². The van der Waals surface area contributed by atoms with Crippen LogP contribution >= 0.6 is 12.4 Å². The number of likely N-dealkylation sites (tertiary alicyclic amines) is 1. The van der Waals surface area contributed by atoms with Crippen LogP contribution in [0, 0.1) is 0 Å². The molecule has 2 aliphatic rings. The lowest BCUT2D eigenvalue weighted by Crippen LogP contribution is -2.54. The van der Waals surface area contributed by atoms with Crippen LogP contribution in [0.15, 0.2) is 0 Å². The maximum absolute atomic E-state index is 12.4. The monoisotopic (exact) mass is 180 g/mol. The zero-order chi connectivity index (χ0) is 6.97. The van der Waals surface area contributed by atoms with Crippen LogP contribution in [0.5, 0.6) is 0 Å². The van der Waals surface area contributed by atoms with E-state index in [-0.39, 0.29) is 12.4 Å². The molecule has 2 rings (SSSR count). The van der Waals surface area contributed by atoms with Gasteiger partial charge in [-0.25, -0.2) is 4.39 Å². The second-order valence-electron chi connectivity index (χ2n) is 3.20. The second kappa shape index (κ2) is 3.70. The van der Waals surface area contributed by atoms with Crippen LogP contribution in [0.4, 0.5) is 4.39 Å². The van der Waals surface area contributed by atoms with Gasteiger partial charge < -0.3 is 5.32 Å². The Kier molecular flexibility index (Phi) is 3.10. The molecule has 0 radical (unpaired) electrons. The van der Waals surface area contributed by atoms with Gasteiger partial charge in [0.05, 0.1) is 0 Å². The molecule has 1 unspecified atom stereocenters. The fourth-order valence-electron chi connectivity index (χ4n) is 1.70. The van der Waals surface area contributed by atoms with E-state index in [4.69, 9.17) is 0 Å². The number of nitrogens with zero attached hydrogens (tertiary/aromatic N) is 1. The molecular weight excluding hydrogens is 167 g/mol. The van der Waals surface area contributed by atoms with E-state index in [0.29, 0.717) is 19.1 Å². The van der Waals surface area contributed by atoms with Crippen LogP contribution in [-0.2, 0) is 0 Å². The van der Waals surface area contributed by atoms with Gasteiger partial charge in [-0.2, -0.15) is 0 Å². The van der Waals surface area contributed by atoms with Gasteiger partial charge in [-0.1, -0.05) is 0 Å². The first-order valence-corrected chi connectivity index (χ1v) is 3.95. The van der Waals surface area contributed by atoms with Gasteiger partial charge >= 0.3 is 0 Å². The van der Waals surface area contributed by atoms with Crippen molar-refractivity contribution in [2.45, 2.75) is 18.6 Å². The number of halogens is 2. The fourth-order valence-corrected chi connectivity index (χ4v) is 1.70. The van der Waals surface area contributed by atoms with Gasteiger partial charge in [0.1, 0.15) is 6.17 Å². The summed E-state index contributed by atoms with van der Waals surface area (Å²) in [5, 5.41) is 3.27. The first kappa shape index (κ1) is 9.23. The highest BCUT2D eigenvalue weighted by Crippen LogP contribution is 2.18. The van der Waals surface area contributed by atoms with Crippen molar-refractivity contribution in [3.05, 3.63) is 0 Å². The Hall–Kier alpha value is 0.140. The Morgan fingerprint density at radius 1 is 1.36 bits per heavy atom. The predicted molar refractivity (Wildman–Crippen MR) is 45.0 cm³/mol. The van der Waals surface area contributed by atoms with Gasteiger partial charge in [-0.15, -0.1) is 12.4 Å². The Labute approximate surface area is 72.5 Å². The van der Waals surface area contributed by atoms with E-state index >= 15 is 0 Å². The van der Waals surface area contributed by atoms with Gasteiger partial charge in [-0.05, 0) is 13.0 Å². The van der Waals surface area contributed by atoms with E-state index in [2.05, 4.69) is 10.2 Å². The first-order valence-electron chi connectivity index (χ1n) is 3.95. The molecule has 0 aromatic heterocycles.